The van der Waals surface area contributed by atoms with Crippen molar-refractivity contribution in [3.8, 4) is 0 Å². The molecule has 2 fully saturated rings. The molecule has 0 saturated carbocycles. The third kappa shape index (κ3) is 1.08. The summed E-state index contributed by atoms with van der Waals surface area (Å²) in [5.41, 5.74) is 0.142. The number of fused-ring (bicyclic) bond motifs is 1. The number of rotatable bonds is 1. The van der Waals surface area contributed by atoms with Crippen molar-refractivity contribution in [1.29, 1.82) is 0 Å². The van der Waals surface area contributed by atoms with Gasteiger partial charge in [-0.2, -0.15) is 0 Å². The maximum absolute atomic E-state index is 5.68. The highest BCUT2D eigenvalue weighted by atomic mass is 16.5. The molecule has 2 aliphatic heterocycles. The van der Waals surface area contributed by atoms with Gasteiger partial charge in [-0.1, -0.05) is 0 Å². The van der Waals surface area contributed by atoms with Crippen molar-refractivity contribution in [2.24, 2.45) is 5.92 Å². The van der Waals surface area contributed by atoms with E-state index >= 15 is 0 Å². The monoisotopic (exact) mass is 170 g/mol. The normalized spacial score (nSPS) is 43.8. The van der Waals surface area contributed by atoms with Crippen LogP contribution in [0.4, 0.5) is 0 Å². The van der Waals surface area contributed by atoms with Gasteiger partial charge in [-0.05, 0) is 14.1 Å². The van der Waals surface area contributed by atoms with Gasteiger partial charge < -0.3 is 14.5 Å². The van der Waals surface area contributed by atoms with Crippen molar-refractivity contribution < 1.29 is 4.74 Å². The molecular formula is C9H18N2O. The lowest BCUT2D eigenvalue weighted by molar-refractivity contribution is -0.00989. The van der Waals surface area contributed by atoms with Gasteiger partial charge in [0.15, 0.2) is 0 Å². The molecule has 0 spiro atoms. The van der Waals surface area contributed by atoms with Gasteiger partial charge in [0.25, 0.3) is 0 Å². The molecule has 0 amide bonds. The van der Waals surface area contributed by atoms with E-state index in [4.69, 9.17) is 4.74 Å². The Morgan fingerprint density at radius 2 is 1.67 bits per heavy atom. The molecule has 0 aliphatic carbocycles. The Kier molecular flexibility index (Phi) is 1.90. The minimum atomic E-state index is 0.142. The van der Waals surface area contributed by atoms with Crippen LogP contribution < -0.4 is 0 Å². The van der Waals surface area contributed by atoms with E-state index in [1.165, 1.54) is 13.1 Å². The standard InChI is InChI=1S/C9H18N2O/c1-10-4-8-5-11(2)7-9(8,6-10)12-3/h8H,4-7H2,1-3H3. The fraction of sp³-hybridized carbons (Fsp3) is 1.00. The van der Waals surface area contributed by atoms with Gasteiger partial charge in [-0.15, -0.1) is 0 Å². The quantitative estimate of drug-likeness (QED) is 0.545. The summed E-state index contributed by atoms with van der Waals surface area (Å²) in [5.74, 6) is 0.720. The molecule has 0 unspecified atom stereocenters. The van der Waals surface area contributed by atoms with Gasteiger partial charge in [0, 0.05) is 39.2 Å². The predicted molar refractivity (Wildman–Crippen MR) is 48.2 cm³/mol. The van der Waals surface area contributed by atoms with Crippen LogP contribution in [-0.4, -0.2) is 62.8 Å². The van der Waals surface area contributed by atoms with E-state index in [0.29, 0.717) is 0 Å². The molecule has 0 aromatic heterocycles. The summed E-state index contributed by atoms with van der Waals surface area (Å²) < 4.78 is 5.68. The van der Waals surface area contributed by atoms with Crippen LogP contribution in [0.1, 0.15) is 0 Å². The maximum atomic E-state index is 5.68. The predicted octanol–water partition coefficient (Wildman–Crippen LogP) is -0.121. The van der Waals surface area contributed by atoms with E-state index in [-0.39, 0.29) is 5.60 Å². The molecule has 3 heteroatoms. The molecule has 0 N–H and O–H groups in total. The summed E-state index contributed by atoms with van der Waals surface area (Å²) in [7, 11) is 6.21. The fourth-order valence-corrected chi connectivity index (χ4v) is 2.79. The van der Waals surface area contributed by atoms with Gasteiger partial charge in [0.1, 0.15) is 0 Å². The summed E-state index contributed by atoms with van der Waals surface area (Å²) in [4.78, 5) is 4.75. The lowest BCUT2D eigenvalue weighted by Gasteiger charge is -2.26. The number of hydrogen-bond acceptors (Lipinski definition) is 3. The maximum Gasteiger partial charge on any atom is 0.0983 e. The van der Waals surface area contributed by atoms with Crippen LogP contribution in [0.15, 0.2) is 0 Å². The molecule has 3 nitrogen and oxygen atoms in total. The highest BCUT2D eigenvalue weighted by molar-refractivity contribution is 5.05. The van der Waals surface area contributed by atoms with E-state index in [1.807, 2.05) is 7.11 Å². The number of ether oxygens (including phenoxy) is 1. The fourth-order valence-electron chi connectivity index (χ4n) is 2.79. The number of nitrogens with zero attached hydrogens (tertiary/aromatic N) is 2. The molecular weight excluding hydrogens is 152 g/mol. The third-order valence-corrected chi connectivity index (χ3v) is 3.29. The second-order valence-corrected chi connectivity index (χ2v) is 4.36. The Balaban J connectivity index is 2.16. The Morgan fingerprint density at radius 1 is 1.17 bits per heavy atom. The first-order valence-corrected chi connectivity index (χ1v) is 4.58. The van der Waals surface area contributed by atoms with Crippen LogP contribution >= 0.6 is 0 Å². The van der Waals surface area contributed by atoms with Gasteiger partial charge in [-0.3, -0.25) is 0 Å². The zero-order valence-corrected chi connectivity index (χ0v) is 8.21. The SMILES string of the molecule is COC12CN(C)CC1CN(C)C2. The average molecular weight is 170 g/mol. The van der Waals surface area contributed by atoms with Crippen LogP contribution in [0, 0.1) is 5.92 Å². The minimum absolute atomic E-state index is 0.142. The van der Waals surface area contributed by atoms with E-state index < -0.39 is 0 Å². The largest absolute Gasteiger partial charge is 0.375 e. The van der Waals surface area contributed by atoms with Crippen molar-refractivity contribution in [2.45, 2.75) is 5.60 Å². The number of likely N-dealkylation sites (tertiary alicyclic amines) is 2. The molecule has 2 heterocycles. The van der Waals surface area contributed by atoms with Gasteiger partial charge >= 0.3 is 0 Å². The topological polar surface area (TPSA) is 15.7 Å². The number of likely N-dealkylation sites (N-methyl/N-ethyl adjacent to an activating group) is 2. The Hall–Kier alpha value is -0.120. The van der Waals surface area contributed by atoms with Crippen LogP contribution in [0.2, 0.25) is 0 Å². The smallest absolute Gasteiger partial charge is 0.0983 e. The van der Waals surface area contributed by atoms with Crippen molar-refractivity contribution in [3.63, 3.8) is 0 Å². The van der Waals surface area contributed by atoms with Crippen LogP contribution in [-0.2, 0) is 4.74 Å². The molecule has 2 rings (SSSR count). The summed E-state index contributed by atoms with van der Waals surface area (Å²) in [6.45, 7) is 4.58. The molecule has 0 bridgehead atoms. The van der Waals surface area contributed by atoms with Crippen molar-refractivity contribution in [1.82, 2.24) is 9.80 Å². The Morgan fingerprint density at radius 3 is 2.00 bits per heavy atom. The molecule has 0 aromatic carbocycles. The van der Waals surface area contributed by atoms with Gasteiger partial charge in [-0.25, -0.2) is 0 Å². The molecule has 0 radical (unpaired) electrons. The molecule has 12 heavy (non-hydrogen) atoms. The van der Waals surface area contributed by atoms with Crippen molar-refractivity contribution >= 4 is 0 Å². The first-order chi connectivity index (χ1) is 5.66. The van der Waals surface area contributed by atoms with Crippen molar-refractivity contribution in [2.75, 3.05) is 47.4 Å². The number of hydrogen-bond donors (Lipinski definition) is 0. The van der Waals surface area contributed by atoms with Crippen molar-refractivity contribution in [3.05, 3.63) is 0 Å². The van der Waals surface area contributed by atoms with E-state index in [2.05, 4.69) is 23.9 Å². The Labute approximate surface area is 74.3 Å². The summed E-state index contributed by atoms with van der Waals surface area (Å²) >= 11 is 0. The molecule has 0 aromatic rings. The molecule has 0 atom stereocenters. The summed E-state index contributed by atoms with van der Waals surface area (Å²) in [5, 5.41) is 0. The number of methoxy groups -OCH3 is 1. The zero-order valence-electron chi connectivity index (χ0n) is 8.21. The molecule has 2 aliphatic rings. The third-order valence-electron chi connectivity index (χ3n) is 3.29. The summed E-state index contributed by atoms with van der Waals surface area (Å²) in [6.07, 6.45) is 0. The highest BCUT2D eigenvalue weighted by Gasteiger charge is 2.50. The first kappa shape index (κ1) is 8.48. The highest BCUT2D eigenvalue weighted by Crippen LogP contribution is 2.35. The second kappa shape index (κ2) is 2.69. The van der Waals surface area contributed by atoms with E-state index in [9.17, 15) is 0 Å². The van der Waals surface area contributed by atoms with Crippen LogP contribution in [0.3, 0.4) is 0 Å². The van der Waals surface area contributed by atoms with Crippen LogP contribution in [0.5, 0.6) is 0 Å². The summed E-state index contributed by atoms with van der Waals surface area (Å²) in [6, 6.07) is 0. The van der Waals surface area contributed by atoms with E-state index in [1.54, 1.807) is 0 Å². The minimum Gasteiger partial charge on any atom is -0.375 e. The first-order valence-electron chi connectivity index (χ1n) is 4.58. The lowest BCUT2D eigenvalue weighted by atomic mass is 9.95. The zero-order chi connectivity index (χ0) is 8.77. The van der Waals surface area contributed by atoms with Crippen LogP contribution in [0.25, 0.3) is 0 Å². The second-order valence-electron chi connectivity index (χ2n) is 4.36. The van der Waals surface area contributed by atoms with Gasteiger partial charge in [0.05, 0.1) is 5.60 Å². The average Bonchev–Trinajstić information content (AvgIpc) is 2.40. The molecule has 2 saturated heterocycles. The van der Waals surface area contributed by atoms with Gasteiger partial charge in [0.2, 0.25) is 0 Å². The lowest BCUT2D eigenvalue weighted by Crippen LogP contribution is -2.41. The Bertz CT molecular complexity index is 169. The van der Waals surface area contributed by atoms with E-state index in [0.717, 1.165) is 19.0 Å². The molecule has 70 valence electrons.